The van der Waals surface area contributed by atoms with Gasteiger partial charge in [-0.05, 0) is 12.1 Å². The van der Waals surface area contributed by atoms with Crippen LogP contribution in [-0.2, 0) is 9.53 Å². The Labute approximate surface area is 120 Å². The van der Waals surface area contributed by atoms with Crippen molar-refractivity contribution in [2.75, 3.05) is 38.8 Å². The van der Waals surface area contributed by atoms with Crippen molar-refractivity contribution in [1.29, 1.82) is 0 Å². The minimum atomic E-state index is -0.344. The number of fused-ring (bicyclic) bond motifs is 1. The number of thiazole rings is 1. The molecule has 2 aromatic rings. The largest absolute Gasteiger partial charge is 0.383 e. The normalized spacial score (nSPS) is 10.8. The maximum absolute atomic E-state index is 13.6. The second-order valence-electron chi connectivity index (χ2n) is 4.28. The van der Waals surface area contributed by atoms with Crippen molar-refractivity contribution in [3.63, 3.8) is 0 Å². The third kappa shape index (κ3) is 3.43. The van der Waals surface area contributed by atoms with E-state index < -0.39 is 0 Å². The summed E-state index contributed by atoms with van der Waals surface area (Å²) >= 11 is 1.36. The first-order valence-electron chi connectivity index (χ1n) is 6.13. The number of ether oxygens (including phenoxy) is 1. The summed E-state index contributed by atoms with van der Waals surface area (Å²) in [6, 6.07) is 4.84. The Kier molecular flexibility index (Phi) is 4.86. The van der Waals surface area contributed by atoms with Crippen molar-refractivity contribution in [3.8, 4) is 0 Å². The van der Waals surface area contributed by atoms with E-state index >= 15 is 0 Å². The molecule has 0 spiro atoms. The van der Waals surface area contributed by atoms with Crippen LogP contribution in [0.4, 0.5) is 9.52 Å². The molecule has 0 saturated carbocycles. The third-order valence-electron chi connectivity index (χ3n) is 2.69. The SMILES string of the molecule is COCCNC(=O)CN(C)c1nc2c(F)cccc2s1. The summed E-state index contributed by atoms with van der Waals surface area (Å²) < 4.78 is 19.2. The second-order valence-corrected chi connectivity index (χ2v) is 5.29. The number of nitrogens with zero attached hydrogens (tertiary/aromatic N) is 2. The number of nitrogens with one attached hydrogen (secondary N) is 1. The van der Waals surface area contributed by atoms with Crippen molar-refractivity contribution in [3.05, 3.63) is 24.0 Å². The van der Waals surface area contributed by atoms with Gasteiger partial charge in [0.2, 0.25) is 5.91 Å². The number of hydrogen-bond acceptors (Lipinski definition) is 5. The van der Waals surface area contributed by atoms with Gasteiger partial charge in [0.1, 0.15) is 11.3 Å². The Morgan fingerprint density at radius 1 is 1.55 bits per heavy atom. The quantitative estimate of drug-likeness (QED) is 0.824. The van der Waals surface area contributed by atoms with E-state index in [4.69, 9.17) is 4.74 Å². The van der Waals surface area contributed by atoms with E-state index in [1.807, 2.05) is 6.07 Å². The zero-order valence-electron chi connectivity index (χ0n) is 11.4. The molecule has 1 heterocycles. The van der Waals surface area contributed by atoms with Gasteiger partial charge in [-0.1, -0.05) is 17.4 Å². The lowest BCUT2D eigenvalue weighted by molar-refractivity contribution is -0.119. The number of halogens is 1. The molecule has 1 N–H and O–H groups in total. The zero-order chi connectivity index (χ0) is 14.5. The van der Waals surface area contributed by atoms with Gasteiger partial charge in [-0.3, -0.25) is 4.79 Å². The summed E-state index contributed by atoms with van der Waals surface area (Å²) in [7, 11) is 3.33. The molecule has 0 unspecified atom stereocenters. The molecule has 5 nitrogen and oxygen atoms in total. The van der Waals surface area contributed by atoms with Crippen LogP contribution in [0.1, 0.15) is 0 Å². The zero-order valence-corrected chi connectivity index (χ0v) is 12.2. The third-order valence-corrected chi connectivity index (χ3v) is 3.83. The molecule has 0 atom stereocenters. The average Bonchev–Trinajstić information content (AvgIpc) is 2.84. The number of anilines is 1. The average molecular weight is 297 g/mol. The molecule has 0 aliphatic heterocycles. The summed E-state index contributed by atoms with van der Waals surface area (Å²) in [5.41, 5.74) is 0.346. The number of carbonyl (C=O) groups is 1. The van der Waals surface area contributed by atoms with E-state index in [0.29, 0.717) is 23.8 Å². The van der Waals surface area contributed by atoms with Crippen LogP contribution in [0, 0.1) is 5.82 Å². The van der Waals surface area contributed by atoms with E-state index in [2.05, 4.69) is 10.3 Å². The molecular weight excluding hydrogens is 281 g/mol. The summed E-state index contributed by atoms with van der Waals surface area (Å²) in [6.45, 7) is 1.12. The lowest BCUT2D eigenvalue weighted by Gasteiger charge is -2.14. The van der Waals surface area contributed by atoms with E-state index in [9.17, 15) is 9.18 Å². The summed E-state index contributed by atoms with van der Waals surface area (Å²) in [6.07, 6.45) is 0. The summed E-state index contributed by atoms with van der Waals surface area (Å²) in [4.78, 5) is 17.6. The Hall–Kier alpha value is -1.73. The first-order chi connectivity index (χ1) is 9.61. The highest BCUT2D eigenvalue weighted by Crippen LogP contribution is 2.29. The van der Waals surface area contributed by atoms with Crippen molar-refractivity contribution in [2.45, 2.75) is 0 Å². The maximum Gasteiger partial charge on any atom is 0.239 e. The van der Waals surface area contributed by atoms with Gasteiger partial charge in [0.15, 0.2) is 5.13 Å². The van der Waals surface area contributed by atoms with E-state index in [1.54, 1.807) is 25.1 Å². The van der Waals surface area contributed by atoms with Crippen LogP contribution in [0.2, 0.25) is 0 Å². The van der Waals surface area contributed by atoms with Crippen molar-refractivity contribution >= 4 is 32.6 Å². The molecule has 1 aromatic heterocycles. The highest BCUT2D eigenvalue weighted by molar-refractivity contribution is 7.22. The molecule has 0 aliphatic rings. The molecule has 0 saturated heterocycles. The van der Waals surface area contributed by atoms with E-state index in [1.165, 1.54) is 17.4 Å². The van der Waals surface area contributed by atoms with Crippen LogP contribution >= 0.6 is 11.3 Å². The molecule has 0 aliphatic carbocycles. The van der Waals surface area contributed by atoms with Crippen molar-refractivity contribution < 1.29 is 13.9 Å². The minimum Gasteiger partial charge on any atom is -0.383 e. The van der Waals surface area contributed by atoms with Crippen molar-refractivity contribution in [1.82, 2.24) is 10.3 Å². The lowest BCUT2D eigenvalue weighted by Crippen LogP contribution is -2.36. The smallest absolute Gasteiger partial charge is 0.239 e. The van der Waals surface area contributed by atoms with Gasteiger partial charge in [-0.15, -0.1) is 0 Å². The van der Waals surface area contributed by atoms with Crippen LogP contribution in [-0.4, -0.2) is 44.7 Å². The molecular formula is C13H16FN3O2S. The summed E-state index contributed by atoms with van der Waals surface area (Å²) in [5, 5.41) is 3.34. The predicted molar refractivity (Wildman–Crippen MR) is 77.7 cm³/mol. The molecule has 7 heteroatoms. The van der Waals surface area contributed by atoms with Crippen LogP contribution < -0.4 is 10.2 Å². The Bertz CT molecular complexity index is 602. The van der Waals surface area contributed by atoms with Crippen molar-refractivity contribution in [2.24, 2.45) is 0 Å². The minimum absolute atomic E-state index is 0.121. The fraction of sp³-hybridized carbons (Fsp3) is 0.385. The number of likely N-dealkylation sites (N-methyl/N-ethyl adjacent to an activating group) is 1. The number of amides is 1. The highest BCUT2D eigenvalue weighted by atomic mass is 32.1. The number of aromatic nitrogens is 1. The molecule has 20 heavy (non-hydrogen) atoms. The first-order valence-corrected chi connectivity index (χ1v) is 6.95. The van der Waals surface area contributed by atoms with Gasteiger partial charge in [0, 0.05) is 20.7 Å². The van der Waals surface area contributed by atoms with Gasteiger partial charge in [0.05, 0.1) is 17.9 Å². The summed E-state index contributed by atoms with van der Waals surface area (Å²) in [5.74, 6) is -0.466. The number of benzene rings is 1. The van der Waals surface area contributed by atoms with Crippen LogP contribution in [0.25, 0.3) is 10.2 Å². The fourth-order valence-electron chi connectivity index (χ4n) is 1.70. The first kappa shape index (κ1) is 14.7. The predicted octanol–water partition coefficient (Wildman–Crippen LogP) is 1.63. The lowest BCUT2D eigenvalue weighted by atomic mass is 10.3. The molecule has 0 radical (unpaired) electrons. The highest BCUT2D eigenvalue weighted by Gasteiger charge is 2.13. The number of hydrogen-bond donors (Lipinski definition) is 1. The Balaban J connectivity index is 2.02. The number of methoxy groups -OCH3 is 1. The van der Waals surface area contributed by atoms with E-state index in [-0.39, 0.29) is 18.3 Å². The van der Waals surface area contributed by atoms with E-state index in [0.717, 1.165) is 4.70 Å². The second kappa shape index (κ2) is 6.62. The van der Waals surface area contributed by atoms with Crippen LogP contribution in [0.3, 0.4) is 0 Å². The molecule has 0 bridgehead atoms. The molecule has 1 amide bonds. The standard InChI is InChI=1S/C13H16FN3O2S/c1-17(8-11(18)15-6-7-19-2)13-16-12-9(14)4-3-5-10(12)20-13/h3-5H,6-8H2,1-2H3,(H,15,18). The van der Waals surface area contributed by atoms with Gasteiger partial charge in [-0.2, -0.15) is 0 Å². The van der Waals surface area contributed by atoms with Gasteiger partial charge in [-0.25, -0.2) is 9.37 Å². The Morgan fingerprint density at radius 2 is 2.35 bits per heavy atom. The number of para-hydroxylation sites is 1. The van der Waals surface area contributed by atoms with Gasteiger partial charge in [0.25, 0.3) is 0 Å². The number of carbonyl (C=O) groups excluding carboxylic acids is 1. The van der Waals surface area contributed by atoms with Gasteiger partial charge < -0.3 is 15.0 Å². The fourth-order valence-corrected chi connectivity index (χ4v) is 2.64. The van der Waals surface area contributed by atoms with Crippen LogP contribution in [0.5, 0.6) is 0 Å². The molecule has 2 rings (SSSR count). The topological polar surface area (TPSA) is 54.5 Å². The van der Waals surface area contributed by atoms with Crippen LogP contribution in [0.15, 0.2) is 18.2 Å². The Morgan fingerprint density at radius 3 is 3.05 bits per heavy atom. The monoisotopic (exact) mass is 297 g/mol. The molecule has 1 aromatic carbocycles. The number of rotatable bonds is 6. The maximum atomic E-state index is 13.6. The molecule has 0 fully saturated rings. The molecule has 108 valence electrons. The van der Waals surface area contributed by atoms with Gasteiger partial charge >= 0.3 is 0 Å².